The molecular formula is C17H18O4. The highest BCUT2D eigenvalue weighted by atomic mass is 16.5. The minimum atomic E-state index is 0.250. The van der Waals surface area contributed by atoms with Crippen LogP contribution in [0.4, 0.5) is 0 Å². The molecule has 0 saturated carbocycles. The van der Waals surface area contributed by atoms with Crippen molar-refractivity contribution >= 4 is 12.2 Å². The second-order valence-corrected chi connectivity index (χ2v) is 4.38. The Labute approximate surface area is 124 Å². The largest absolute Gasteiger partial charge is 0.508 e. The van der Waals surface area contributed by atoms with Gasteiger partial charge in [0.2, 0.25) is 5.75 Å². The van der Waals surface area contributed by atoms with Crippen molar-refractivity contribution in [3.05, 3.63) is 47.5 Å². The second kappa shape index (κ2) is 6.70. The summed E-state index contributed by atoms with van der Waals surface area (Å²) in [5.41, 5.74) is 1.92. The van der Waals surface area contributed by atoms with Crippen LogP contribution in [0.1, 0.15) is 11.1 Å². The van der Waals surface area contributed by atoms with Gasteiger partial charge < -0.3 is 19.3 Å². The number of phenolic OH excluding ortho intramolecular Hbond substituents is 1. The van der Waals surface area contributed by atoms with Crippen LogP contribution in [0.5, 0.6) is 23.0 Å². The van der Waals surface area contributed by atoms with E-state index < -0.39 is 0 Å². The van der Waals surface area contributed by atoms with Gasteiger partial charge in [-0.3, -0.25) is 0 Å². The molecule has 0 atom stereocenters. The molecule has 2 rings (SSSR count). The van der Waals surface area contributed by atoms with E-state index in [1.807, 2.05) is 36.4 Å². The Kier molecular flexibility index (Phi) is 4.72. The maximum absolute atomic E-state index is 9.27. The molecule has 0 fully saturated rings. The number of aromatic hydroxyl groups is 1. The first-order valence-corrected chi connectivity index (χ1v) is 6.45. The number of ether oxygens (including phenoxy) is 3. The Hall–Kier alpha value is -2.62. The van der Waals surface area contributed by atoms with Crippen molar-refractivity contribution in [2.24, 2.45) is 0 Å². The topological polar surface area (TPSA) is 47.9 Å². The van der Waals surface area contributed by atoms with Crippen molar-refractivity contribution in [3.63, 3.8) is 0 Å². The predicted octanol–water partition coefficient (Wildman–Crippen LogP) is 3.59. The molecule has 0 heterocycles. The average Bonchev–Trinajstić information content (AvgIpc) is 2.53. The van der Waals surface area contributed by atoms with Crippen molar-refractivity contribution < 1.29 is 19.3 Å². The minimum Gasteiger partial charge on any atom is -0.508 e. The van der Waals surface area contributed by atoms with E-state index in [1.54, 1.807) is 33.5 Å². The van der Waals surface area contributed by atoms with E-state index in [9.17, 15) is 5.11 Å². The molecule has 0 aromatic heterocycles. The molecule has 0 amide bonds. The third-order valence-electron chi connectivity index (χ3n) is 3.05. The molecule has 2 aromatic rings. The Morgan fingerprint density at radius 1 is 0.762 bits per heavy atom. The van der Waals surface area contributed by atoms with Crippen LogP contribution < -0.4 is 14.2 Å². The fraction of sp³-hybridized carbons (Fsp3) is 0.176. The van der Waals surface area contributed by atoms with Gasteiger partial charge in [-0.25, -0.2) is 0 Å². The van der Waals surface area contributed by atoms with E-state index in [4.69, 9.17) is 14.2 Å². The van der Waals surface area contributed by atoms with Gasteiger partial charge in [0.15, 0.2) is 11.5 Å². The van der Waals surface area contributed by atoms with Crippen LogP contribution in [0.25, 0.3) is 12.2 Å². The van der Waals surface area contributed by atoms with Crippen LogP contribution in [-0.4, -0.2) is 26.4 Å². The van der Waals surface area contributed by atoms with Crippen molar-refractivity contribution in [2.75, 3.05) is 21.3 Å². The molecule has 21 heavy (non-hydrogen) atoms. The minimum absolute atomic E-state index is 0.250. The quantitative estimate of drug-likeness (QED) is 0.853. The van der Waals surface area contributed by atoms with Crippen molar-refractivity contribution in [1.29, 1.82) is 0 Å². The van der Waals surface area contributed by atoms with Gasteiger partial charge in [0.1, 0.15) is 5.75 Å². The summed E-state index contributed by atoms with van der Waals surface area (Å²) in [5, 5.41) is 9.27. The zero-order valence-electron chi connectivity index (χ0n) is 12.3. The number of hydrogen-bond acceptors (Lipinski definition) is 4. The average molecular weight is 286 g/mol. The van der Waals surface area contributed by atoms with Crippen LogP contribution in [0.15, 0.2) is 36.4 Å². The fourth-order valence-electron chi connectivity index (χ4n) is 1.98. The standard InChI is InChI=1S/C17H18O4/c1-19-15-10-13(11-16(20-2)17(15)21-3)5-4-12-6-8-14(18)9-7-12/h4-11,18H,1-3H3/b5-4+. The van der Waals surface area contributed by atoms with Crippen LogP contribution >= 0.6 is 0 Å². The molecule has 0 aliphatic heterocycles. The molecule has 0 aliphatic carbocycles. The molecule has 0 aliphatic rings. The van der Waals surface area contributed by atoms with E-state index in [1.165, 1.54) is 0 Å². The summed E-state index contributed by atoms with van der Waals surface area (Å²) in [7, 11) is 4.75. The molecule has 2 aromatic carbocycles. The Morgan fingerprint density at radius 2 is 1.29 bits per heavy atom. The third kappa shape index (κ3) is 3.48. The Balaban J connectivity index is 2.33. The normalized spacial score (nSPS) is 10.6. The van der Waals surface area contributed by atoms with Gasteiger partial charge in [-0.05, 0) is 35.4 Å². The lowest BCUT2D eigenvalue weighted by Crippen LogP contribution is -1.95. The number of methoxy groups -OCH3 is 3. The summed E-state index contributed by atoms with van der Waals surface area (Å²) in [6, 6.07) is 10.7. The number of phenols is 1. The highest BCUT2D eigenvalue weighted by Crippen LogP contribution is 2.38. The summed E-state index contributed by atoms with van der Waals surface area (Å²) in [6.07, 6.45) is 3.89. The molecule has 0 radical (unpaired) electrons. The molecular weight excluding hydrogens is 268 g/mol. The van der Waals surface area contributed by atoms with Gasteiger partial charge in [0, 0.05) is 0 Å². The Bertz CT molecular complexity index is 605. The summed E-state index contributed by atoms with van der Waals surface area (Å²) in [6.45, 7) is 0. The number of hydrogen-bond donors (Lipinski definition) is 1. The molecule has 4 nitrogen and oxygen atoms in total. The summed E-state index contributed by atoms with van der Waals surface area (Å²) in [5.74, 6) is 2.05. The van der Waals surface area contributed by atoms with Crippen LogP contribution in [0.3, 0.4) is 0 Å². The summed E-state index contributed by atoms with van der Waals surface area (Å²) < 4.78 is 15.9. The molecule has 0 saturated heterocycles. The van der Waals surface area contributed by atoms with Gasteiger partial charge in [-0.15, -0.1) is 0 Å². The van der Waals surface area contributed by atoms with Gasteiger partial charge in [-0.1, -0.05) is 24.3 Å². The first kappa shape index (κ1) is 14.8. The molecule has 0 unspecified atom stereocenters. The van der Waals surface area contributed by atoms with E-state index >= 15 is 0 Å². The SMILES string of the molecule is COc1cc(/C=C/c2ccc(O)cc2)cc(OC)c1OC. The molecule has 0 bridgehead atoms. The number of benzene rings is 2. The van der Waals surface area contributed by atoms with Crippen molar-refractivity contribution in [2.45, 2.75) is 0 Å². The highest BCUT2D eigenvalue weighted by molar-refractivity contribution is 5.72. The summed E-state index contributed by atoms with van der Waals surface area (Å²) >= 11 is 0. The van der Waals surface area contributed by atoms with Crippen LogP contribution in [0.2, 0.25) is 0 Å². The van der Waals surface area contributed by atoms with Crippen molar-refractivity contribution in [3.8, 4) is 23.0 Å². The molecule has 1 N–H and O–H groups in total. The smallest absolute Gasteiger partial charge is 0.203 e. The lowest BCUT2D eigenvalue weighted by atomic mass is 10.1. The Morgan fingerprint density at radius 3 is 1.76 bits per heavy atom. The zero-order chi connectivity index (χ0) is 15.2. The van der Waals surface area contributed by atoms with E-state index in [-0.39, 0.29) is 5.75 Å². The first-order chi connectivity index (χ1) is 10.2. The third-order valence-corrected chi connectivity index (χ3v) is 3.05. The van der Waals surface area contributed by atoms with Crippen molar-refractivity contribution in [1.82, 2.24) is 0 Å². The zero-order valence-corrected chi connectivity index (χ0v) is 12.3. The molecule has 0 spiro atoms. The fourth-order valence-corrected chi connectivity index (χ4v) is 1.98. The first-order valence-electron chi connectivity index (χ1n) is 6.45. The lowest BCUT2D eigenvalue weighted by molar-refractivity contribution is 0.324. The predicted molar refractivity (Wildman–Crippen MR) is 83.1 cm³/mol. The van der Waals surface area contributed by atoms with Crippen LogP contribution in [-0.2, 0) is 0 Å². The van der Waals surface area contributed by atoms with Gasteiger partial charge in [0.25, 0.3) is 0 Å². The number of rotatable bonds is 5. The lowest BCUT2D eigenvalue weighted by Gasteiger charge is -2.12. The van der Waals surface area contributed by atoms with Gasteiger partial charge >= 0.3 is 0 Å². The van der Waals surface area contributed by atoms with E-state index in [2.05, 4.69) is 0 Å². The van der Waals surface area contributed by atoms with Gasteiger partial charge in [-0.2, -0.15) is 0 Å². The summed E-state index contributed by atoms with van der Waals surface area (Å²) in [4.78, 5) is 0. The molecule has 4 heteroatoms. The monoisotopic (exact) mass is 286 g/mol. The van der Waals surface area contributed by atoms with E-state index in [0.29, 0.717) is 17.2 Å². The maximum Gasteiger partial charge on any atom is 0.203 e. The second-order valence-electron chi connectivity index (χ2n) is 4.38. The van der Waals surface area contributed by atoms with Gasteiger partial charge in [0.05, 0.1) is 21.3 Å². The maximum atomic E-state index is 9.27. The van der Waals surface area contributed by atoms with Crippen LogP contribution in [0, 0.1) is 0 Å². The van der Waals surface area contributed by atoms with E-state index in [0.717, 1.165) is 11.1 Å². The molecule has 110 valence electrons. The highest BCUT2D eigenvalue weighted by Gasteiger charge is 2.11.